The molecule has 0 unspecified atom stereocenters. The molecule has 7 nitrogen and oxygen atoms in total. The minimum Gasteiger partial charge on any atom is -0.353 e. The van der Waals surface area contributed by atoms with E-state index < -0.39 is 0 Å². The SMILES string of the molecule is c1ccc(-c2nccc3[nH]c(-c4n[nH]c5ccc(-c6cccnc6)nc45)cc23)nc1. The predicted molar refractivity (Wildman–Crippen MR) is 115 cm³/mol. The van der Waals surface area contributed by atoms with Crippen molar-refractivity contribution in [3.8, 4) is 34.0 Å². The Balaban J connectivity index is 1.52. The number of H-pyrrole nitrogens is 2. The van der Waals surface area contributed by atoms with Gasteiger partial charge in [-0.1, -0.05) is 6.07 Å². The standard InChI is InChI=1S/C23H15N7/c1-2-10-25-18(5-1)21-15-12-20(27-17(15)8-11-26-21)23-22-19(29-30-23)7-6-16(28-22)14-4-3-9-24-13-14/h1-13,27H,(H,29,30). The summed E-state index contributed by atoms with van der Waals surface area (Å²) >= 11 is 0. The molecule has 0 spiro atoms. The van der Waals surface area contributed by atoms with E-state index in [1.165, 1.54) is 0 Å². The molecule has 6 heterocycles. The summed E-state index contributed by atoms with van der Waals surface area (Å²) in [5, 5.41) is 8.60. The molecule has 7 heteroatoms. The van der Waals surface area contributed by atoms with Gasteiger partial charge in [0.25, 0.3) is 0 Å². The third-order valence-electron chi connectivity index (χ3n) is 5.08. The second-order valence-electron chi connectivity index (χ2n) is 6.93. The first-order valence-electron chi connectivity index (χ1n) is 9.52. The molecular formula is C23H15N7. The van der Waals surface area contributed by atoms with E-state index in [4.69, 9.17) is 4.98 Å². The van der Waals surface area contributed by atoms with Crippen LogP contribution in [0, 0.1) is 0 Å². The molecule has 0 atom stereocenters. The van der Waals surface area contributed by atoms with Crippen LogP contribution in [-0.2, 0) is 0 Å². The molecule has 6 aromatic rings. The van der Waals surface area contributed by atoms with Crippen LogP contribution in [0.3, 0.4) is 0 Å². The van der Waals surface area contributed by atoms with Crippen LogP contribution in [0.5, 0.6) is 0 Å². The fourth-order valence-corrected chi connectivity index (χ4v) is 3.65. The van der Waals surface area contributed by atoms with Gasteiger partial charge in [0.1, 0.15) is 11.2 Å². The van der Waals surface area contributed by atoms with Gasteiger partial charge in [-0.25, -0.2) is 4.98 Å². The molecule has 0 aliphatic rings. The van der Waals surface area contributed by atoms with E-state index in [-0.39, 0.29) is 0 Å². The number of aromatic nitrogens is 7. The zero-order valence-electron chi connectivity index (χ0n) is 15.7. The first-order valence-corrected chi connectivity index (χ1v) is 9.52. The molecule has 0 aliphatic heterocycles. The van der Waals surface area contributed by atoms with Gasteiger partial charge in [-0.05, 0) is 48.5 Å². The predicted octanol–water partition coefficient (Wildman–Crippen LogP) is 4.63. The molecule has 142 valence electrons. The first-order chi connectivity index (χ1) is 14.9. The largest absolute Gasteiger partial charge is 0.353 e. The topological polar surface area (TPSA) is 96.0 Å². The summed E-state index contributed by atoms with van der Waals surface area (Å²) in [5.41, 5.74) is 7.76. The second-order valence-corrected chi connectivity index (χ2v) is 6.93. The third kappa shape index (κ3) is 2.64. The highest BCUT2D eigenvalue weighted by molar-refractivity contribution is 5.98. The van der Waals surface area contributed by atoms with E-state index in [1.54, 1.807) is 18.6 Å². The van der Waals surface area contributed by atoms with Crippen LogP contribution in [0.15, 0.2) is 79.4 Å². The van der Waals surface area contributed by atoms with Crippen molar-refractivity contribution in [1.82, 2.24) is 35.1 Å². The van der Waals surface area contributed by atoms with E-state index in [9.17, 15) is 0 Å². The summed E-state index contributed by atoms with van der Waals surface area (Å²) < 4.78 is 0. The van der Waals surface area contributed by atoms with Crippen LogP contribution in [-0.4, -0.2) is 35.1 Å². The fourth-order valence-electron chi connectivity index (χ4n) is 3.65. The van der Waals surface area contributed by atoms with E-state index in [1.807, 2.05) is 54.7 Å². The average Bonchev–Trinajstić information content (AvgIpc) is 3.43. The van der Waals surface area contributed by atoms with E-state index in [0.29, 0.717) is 0 Å². The Morgan fingerprint density at radius 1 is 0.733 bits per heavy atom. The number of pyridine rings is 4. The van der Waals surface area contributed by atoms with Crippen molar-refractivity contribution in [1.29, 1.82) is 0 Å². The Morgan fingerprint density at radius 2 is 1.73 bits per heavy atom. The number of nitrogens with zero attached hydrogens (tertiary/aromatic N) is 5. The van der Waals surface area contributed by atoms with Crippen molar-refractivity contribution < 1.29 is 0 Å². The molecular weight excluding hydrogens is 374 g/mol. The monoisotopic (exact) mass is 389 g/mol. The van der Waals surface area contributed by atoms with Crippen LogP contribution in [0.4, 0.5) is 0 Å². The lowest BCUT2D eigenvalue weighted by Gasteiger charge is -2.00. The lowest BCUT2D eigenvalue weighted by atomic mass is 10.1. The lowest BCUT2D eigenvalue weighted by Crippen LogP contribution is -1.86. The van der Waals surface area contributed by atoms with E-state index in [2.05, 4.69) is 36.2 Å². The summed E-state index contributed by atoms with van der Waals surface area (Å²) in [6, 6.07) is 17.7. The van der Waals surface area contributed by atoms with E-state index in [0.717, 1.165) is 56.0 Å². The van der Waals surface area contributed by atoms with Gasteiger partial charge in [-0.2, -0.15) is 5.10 Å². The Labute approximate surface area is 170 Å². The van der Waals surface area contributed by atoms with Gasteiger partial charge in [0.05, 0.1) is 28.3 Å². The van der Waals surface area contributed by atoms with Gasteiger partial charge in [-0.15, -0.1) is 0 Å². The van der Waals surface area contributed by atoms with Gasteiger partial charge in [-0.3, -0.25) is 20.1 Å². The Hall–Kier alpha value is -4.39. The molecule has 6 aromatic heterocycles. The van der Waals surface area contributed by atoms with Crippen LogP contribution >= 0.6 is 0 Å². The molecule has 0 aromatic carbocycles. The molecule has 0 saturated heterocycles. The average molecular weight is 389 g/mol. The smallest absolute Gasteiger partial charge is 0.135 e. The van der Waals surface area contributed by atoms with Gasteiger partial charge in [0.2, 0.25) is 0 Å². The van der Waals surface area contributed by atoms with Crippen molar-refractivity contribution in [3.05, 3.63) is 79.4 Å². The zero-order valence-corrected chi connectivity index (χ0v) is 15.7. The fraction of sp³-hybridized carbons (Fsp3) is 0. The van der Waals surface area contributed by atoms with Crippen LogP contribution in [0.25, 0.3) is 56.0 Å². The van der Waals surface area contributed by atoms with Gasteiger partial charge >= 0.3 is 0 Å². The van der Waals surface area contributed by atoms with Crippen molar-refractivity contribution >= 4 is 21.9 Å². The number of aromatic amines is 2. The van der Waals surface area contributed by atoms with E-state index >= 15 is 0 Å². The van der Waals surface area contributed by atoms with Crippen molar-refractivity contribution in [2.24, 2.45) is 0 Å². The normalized spacial score (nSPS) is 11.3. The summed E-state index contributed by atoms with van der Waals surface area (Å²) in [5.74, 6) is 0. The first kappa shape index (κ1) is 16.6. The molecule has 2 N–H and O–H groups in total. The van der Waals surface area contributed by atoms with Crippen molar-refractivity contribution in [2.45, 2.75) is 0 Å². The van der Waals surface area contributed by atoms with Crippen LogP contribution in [0.2, 0.25) is 0 Å². The highest BCUT2D eigenvalue weighted by Gasteiger charge is 2.16. The summed E-state index contributed by atoms with van der Waals surface area (Å²) in [6.07, 6.45) is 7.12. The van der Waals surface area contributed by atoms with Crippen LogP contribution < -0.4 is 0 Å². The maximum absolute atomic E-state index is 4.85. The number of hydrogen-bond donors (Lipinski definition) is 2. The molecule has 6 rings (SSSR count). The molecule has 30 heavy (non-hydrogen) atoms. The summed E-state index contributed by atoms with van der Waals surface area (Å²) in [4.78, 5) is 21.5. The Kier molecular flexibility index (Phi) is 3.64. The minimum absolute atomic E-state index is 0.763. The highest BCUT2D eigenvalue weighted by Crippen LogP contribution is 2.32. The third-order valence-corrected chi connectivity index (χ3v) is 5.08. The van der Waals surface area contributed by atoms with Crippen LogP contribution in [0.1, 0.15) is 0 Å². The number of rotatable bonds is 3. The molecule has 0 saturated carbocycles. The molecule has 0 bridgehead atoms. The second kappa shape index (κ2) is 6.59. The van der Waals surface area contributed by atoms with Crippen molar-refractivity contribution in [3.63, 3.8) is 0 Å². The zero-order chi connectivity index (χ0) is 19.9. The molecule has 0 amide bonds. The van der Waals surface area contributed by atoms with Gasteiger partial charge < -0.3 is 4.98 Å². The molecule has 0 fully saturated rings. The number of fused-ring (bicyclic) bond motifs is 2. The van der Waals surface area contributed by atoms with Crippen molar-refractivity contribution in [2.75, 3.05) is 0 Å². The van der Waals surface area contributed by atoms with Gasteiger partial charge in [0.15, 0.2) is 0 Å². The maximum atomic E-state index is 4.85. The lowest BCUT2D eigenvalue weighted by molar-refractivity contribution is 1.12. The number of nitrogens with one attached hydrogen (secondary N) is 2. The highest BCUT2D eigenvalue weighted by atomic mass is 15.1. The maximum Gasteiger partial charge on any atom is 0.135 e. The Morgan fingerprint density at radius 3 is 2.60 bits per heavy atom. The summed E-state index contributed by atoms with van der Waals surface area (Å²) in [6.45, 7) is 0. The quantitative estimate of drug-likeness (QED) is 0.460. The Bertz CT molecular complexity index is 1480. The molecule has 0 radical (unpaired) electrons. The molecule has 0 aliphatic carbocycles. The number of hydrogen-bond acceptors (Lipinski definition) is 5. The minimum atomic E-state index is 0.763. The van der Waals surface area contributed by atoms with Gasteiger partial charge in [0, 0.05) is 41.3 Å². The summed E-state index contributed by atoms with van der Waals surface area (Å²) in [7, 11) is 0.